The Morgan fingerprint density at radius 1 is 1.35 bits per heavy atom. The van der Waals surface area contributed by atoms with Crippen LogP contribution in [0.4, 0.5) is 5.13 Å². The first kappa shape index (κ1) is 15.3. The van der Waals surface area contributed by atoms with Gasteiger partial charge < -0.3 is 14.5 Å². The molecule has 0 bridgehead atoms. The summed E-state index contributed by atoms with van der Waals surface area (Å²) in [4.78, 5) is 20.7. The highest BCUT2D eigenvalue weighted by Gasteiger charge is 2.26. The molecule has 6 heteroatoms. The second-order valence-electron chi connectivity index (χ2n) is 5.50. The van der Waals surface area contributed by atoms with E-state index in [4.69, 9.17) is 4.74 Å². The molecular weight excluding hydrogens is 274 g/mol. The number of piperazine rings is 1. The third kappa shape index (κ3) is 3.93. The van der Waals surface area contributed by atoms with E-state index in [-0.39, 0.29) is 12.0 Å². The minimum absolute atomic E-state index is 0.101. The van der Waals surface area contributed by atoms with E-state index in [2.05, 4.69) is 23.7 Å². The monoisotopic (exact) mass is 297 g/mol. The Kier molecular flexibility index (Phi) is 5.37. The number of hydrogen-bond acceptors (Lipinski definition) is 5. The Bertz CT molecular complexity index is 414. The molecule has 0 aliphatic carbocycles. The van der Waals surface area contributed by atoms with Crippen molar-refractivity contribution >= 4 is 22.4 Å². The highest BCUT2D eigenvalue weighted by molar-refractivity contribution is 7.13. The summed E-state index contributed by atoms with van der Waals surface area (Å²) in [5.41, 5.74) is 0. The first-order valence-corrected chi connectivity index (χ1v) is 8.00. The quantitative estimate of drug-likeness (QED) is 0.832. The maximum atomic E-state index is 12.3. The summed E-state index contributed by atoms with van der Waals surface area (Å²) in [6.45, 7) is 9.83. The average molecular weight is 297 g/mol. The largest absolute Gasteiger partial charge is 0.368 e. The van der Waals surface area contributed by atoms with Crippen LogP contribution in [-0.2, 0) is 9.53 Å². The van der Waals surface area contributed by atoms with Gasteiger partial charge in [0.15, 0.2) is 5.13 Å². The standard InChI is InChI=1S/C14H23N3O2S/c1-11(2)10-19-12(3)13(18)16-5-7-17(8-6-16)14-15-4-9-20-14/h4,9,11-12H,5-8,10H2,1-3H3/t12-/m0/s1. The Labute approximate surface area is 124 Å². The van der Waals surface area contributed by atoms with Crippen LogP contribution in [0.15, 0.2) is 11.6 Å². The summed E-state index contributed by atoms with van der Waals surface area (Å²) in [6, 6.07) is 0. The van der Waals surface area contributed by atoms with Crippen LogP contribution in [0.2, 0.25) is 0 Å². The summed E-state index contributed by atoms with van der Waals surface area (Å²) in [7, 11) is 0. The van der Waals surface area contributed by atoms with Crippen LogP contribution in [0, 0.1) is 5.92 Å². The highest BCUT2D eigenvalue weighted by Crippen LogP contribution is 2.19. The molecule has 1 aromatic heterocycles. The van der Waals surface area contributed by atoms with Gasteiger partial charge in [0.05, 0.1) is 0 Å². The smallest absolute Gasteiger partial charge is 0.251 e. The third-order valence-electron chi connectivity index (χ3n) is 3.31. The van der Waals surface area contributed by atoms with E-state index in [0.29, 0.717) is 12.5 Å². The molecule has 1 aliphatic heterocycles. The molecule has 1 saturated heterocycles. The van der Waals surface area contributed by atoms with E-state index in [1.807, 2.05) is 23.4 Å². The Morgan fingerprint density at radius 3 is 2.60 bits per heavy atom. The summed E-state index contributed by atoms with van der Waals surface area (Å²) < 4.78 is 5.60. The van der Waals surface area contributed by atoms with Crippen LogP contribution >= 0.6 is 11.3 Å². The Morgan fingerprint density at radius 2 is 2.05 bits per heavy atom. The molecule has 1 atom stereocenters. The third-order valence-corrected chi connectivity index (χ3v) is 4.14. The van der Waals surface area contributed by atoms with E-state index in [1.54, 1.807) is 11.3 Å². The van der Waals surface area contributed by atoms with Crippen molar-refractivity contribution in [2.24, 2.45) is 5.92 Å². The molecule has 20 heavy (non-hydrogen) atoms. The fourth-order valence-electron chi connectivity index (χ4n) is 2.16. The van der Waals surface area contributed by atoms with E-state index >= 15 is 0 Å². The molecule has 112 valence electrons. The minimum Gasteiger partial charge on any atom is -0.368 e. The van der Waals surface area contributed by atoms with Gasteiger partial charge in [-0.15, -0.1) is 11.3 Å². The second-order valence-corrected chi connectivity index (χ2v) is 6.37. The summed E-state index contributed by atoms with van der Waals surface area (Å²) in [5, 5.41) is 3.02. The van der Waals surface area contributed by atoms with Crippen molar-refractivity contribution in [3.8, 4) is 0 Å². The zero-order valence-electron chi connectivity index (χ0n) is 12.4. The lowest BCUT2D eigenvalue weighted by atomic mass is 10.2. The van der Waals surface area contributed by atoms with Gasteiger partial charge in [0.1, 0.15) is 6.10 Å². The lowest BCUT2D eigenvalue weighted by Gasteiger charge is -2.35. The normalized spacial score (nSPS) is 17.6. The number of ether oxygens (including phenoxy) is 1. The van der Waals surface area contributed by atoms with Crippen LogP contribution in [0.1, 0.15) is 20.8 Å². The number of carbonyl (C=O) groups is 1. The van der Waals surface area contributed by atoms with Crippen LogP contribution in [0.25, 0.3) is 0 Å². The van der Waals surface area contributed by atoms with Crippen molar-refractivity contribution in [3.05, 3.63) is 11.6 Å². The van der Waals surface area contributed by atoms with Crippen molar-refractivity contribution < 1.29 is 9.53 Å². The molecule has 5 nitrogen and oxygen atoms in total. The molecule has 1 fully saturated rings. The molecule has 1 aliphatic rings. The number of rotatable bonds is 5. The molecule has 0 radical (unpaired) electrons. The molecule has 2 heterocycles. The second kappa shape index (κ2) is 7.04. The van der Waals surface area contributed by atoms with Crippen molar-refractivity contribution in [3.63, 3.8) is 0 Å². The van der Waals surface area contributed by atoms with Crippen LogP contribution < -0.4 is 4.90 Å². The SMILES string of the molecule is CC(C)CO[C@@H](C)C(=O)N1CCN(c2nccs2)CC1. The maximum Gasteiger partial charge on any atom is 0.251 e. The van der Waals surface area contributed by atoms with E-state index in [0.717, 1.165) is 31.3 Å². The topological polar surface area (TPSA) is 45.7 Å². The van der Waals surface area contributed by atoms with Gasteiger partial charge in [-0.1, -0.05) is 13.8 Å². The number of anilines is 1. The number of aromatic nitrogens is 1. The number of hydrogen-bond donors (Lipinski definition) is 0. The van der Waals surface area contributed by atoms with E-state index < -0.39 is 0 Å². The van der Waals surface area contributed by atoms with Crippen molar-refractivity contribution in [1.29, 1.82) is 0 Å². The molecule has 2 rings (SSSR count). The van der Waals surface area contributed by atoms with Crippen molar-refractivity contribution in [2.45, 2.75) is 26.9 Å². The zero-order valence-corrected chi connectivity index (χ0v) is 13.2. The lowest BCUT2D eigenvalue weighted by Crippen LogP contribution is -2.51. The fourth-order valence-corrected chi connectivity index (χ4v) is 2.85. The average Bonchev–Trinajstić information content (AvgIpc) is 2.98. The van der Waals surface area contributed by atoms with Gasteiger partial charge in [0.25, 0.3) is 5.91 Å². The number of nitrogens with zero attached hydrogens (tertiary/aromatic N) is 3. The number of thiazole rings is 1. The molecule has 0 saturated carbocycles. The van der Waals surface area contributed by atoms with E-state index in [9.17, 15) is 4.79 Å². The summed E-state index contributed by atoms with van der Waals surface area (Å²) in [5.74, 6) is 0.552. The fraction of sp³-hybridized carbons (Fsp3) is 0.714. The van der Waals surface area contributed by atoms with Gasteiger partial charge in [0.2, 0.25) is 0 Å². The van der Waals surface area contributed by atoms with Crippen molar-refractivity contribution in [1.82, 2.24) is 9.88 Å². The molecule has 1 aromatic rings. The predicted molar refractivity (Wildman–Crippen MR) is 81.2 cm³/mol. The Balaban J connectivity index is 1.79. The van der Waals surface area contributed by atoms with Crippen LogP contribution in [0.5, 0.6) is 0 Å². The number of carbonyl (C=O) groups excluding carboxylic acids is 1. The predicted octanol–water partition coefficient (Wildman–Crippen LogP) is 1.85. The minimum atomic E-state index is -0.344. The molecule has 0 N–H and O–H groups in total. The molecule has 1 amide bonds. The zero-order chi connectivity index (χ0) is 14.5. The summed E-state index contributed by atoms with van der Waals surface area (Å²) in [6.07, 6.45) is 1.48. The molecule has 0 aromatic carbocycles. The maximum absolute atomic E-state index is 12.3. The van der Waals surface area contributed by atoms with Gasteiger partial charge >= 0.3 is 0 Å². The highest BCUT2D eigenvalue weighted by atomic mass is 32.1. The van der Waals surface area contributed by atoms with Gasteiger partial charge in [-0.05, 0) is 12.8 Å². The lowest BCUT2D eigenvalue weighted by molar-refractivity contribution is -0.143. The van der Waals surface area contributed by atoms with Gasteiger partial charge in [-0.2, -0.15) is 0 Å². The summed E-state index contributed by atoms with van der Waals surface area (Å²) >= 11 is 1.64. The molecule has 0 spiro atoms. The van der Waals surface area contributed by atoms with Crippen molar-refractivity contribution in [2.75, 3.05) is 37.7 Å². The molecular formula is C14H23N3O2S. The van der Waals surface area contributed by atoms with E-state index in [1.165, 1.54) is 0 Å². The Hall–Kier alpha value is -1.14. The first-order chi connectivity index (χ1) is 9.58. The molecule has 0 unspecified atom stereocenters. The van der Waals surface area contributed by atoms with Gasteiger partial charge in [0, 0.05) is 44.4 Å². The first-order valence-electron chi connectivity index (χ1n) is 7.12. The van der Waals surface area contributed by atoms with Crippen LogP contribution in [-0.4, -0.2) is 54.7 Å². The van der Waals surface area contributed by atoms with Crippen LogP contribution in [0.3, 0.4) is 0 Å². The van der Waals surface area contributed by atoms with Gasteiger partial charge in [-0.3, -0.25) is 4.79 Å². The van der Waals surface area contributed by atoms with Gasteiger partial charge in [-0.25, -0.2) is 4.98 Å². The number of amides is 1.